The minimum atomic E-state index is -0.744. The van der Waals surface area contributed by atoms with Crippen LogP contribution in [0.2, 0.25) is 5.02 Å². The number of esters is 3. The van der Waals surface area contributed by atoms with E-state index in [1.54, 1.807) is 50.2 Å². The van der Waals surface area contributed by atoms with E-state index < -0.39 is 23.8 Å². The van der Waals surface area contributed by atoms with Crippen molar-refractivity contribution >= 4 is 29.5 Å². The third kappa shape index (κ3) is 6.26. The van der Waals surface area contributed by atoms with E-state index in [1.807, 2.05) is 12.1 Å². The fourth-order valence-electron chi connectivity index (χ4n) is 3.96. The van der Waals surface area contributed by atoms with Crippen molar-refractivity contribution in [2.45, 2.75) is 26.2 Å². The van der Waals surface area contributed by atoms with E-state index in [0.717, 1.165) is 5.56 Å². The molecule has 36 heavy (non-hydrogen) atoms. The number of rotatable bonds is 9. The highest BCUT2D eigenvalue weighted by Gasteiger charge is 2.38. The molecule has 1 N–H and O–H groups in total. The van der Waals surface area contributed by atoms with Gasteiger partial charge in [-0.1, -0.05) is 41.9 Å². The van der Waals surface area contributed by atoms with Crippen molar-refractivity contribution in [2.75, 3.05) is 27.4 Å². The first-order valence-electron chi connectivity index (χ1n) is 11.2. The summed E-state index contributed by atoms with van der Waals surface area (Å²) < 4.78 is 20.5. The SMILES string of the molecule is COC(=O)COc1ccc(CCOC(=O)C2=C(C)NC(C)=C(C(=O)OC)C2c2ccccc2Cl)cc1. The molecule has 1 unspecified atom stereocenters. The lowest BCUT2D eigenvalue weighted by atomic mass is 9.80. The van der Waals surface area contributed by atoms with Crippen molar-refractivity contribution in [3.05, 3.63) is 87.2 Å². The molecular formula is C27H28ClNO7. The highest BCUT2D eigenvalue weighted by molar-refractivity contribution is 6.31. The summed E-state index contributed by atoms with van der Waals surface area (Å²) in [6.07, 6.45) is 0.457. The summed E-state index contributed by atoms with van der Waals surface area (Å²) in [5, 5.41) is 3.52. The molecule has 2 aromatic rings. The first-order valence-corrected chi connectivity index (χ1v) is 11.6. The largest absolute Gasteiger partial charge is 0.482 e. The minimum Gasteiger partial charge on any atom is -0.482 e. The van der Waals surface area contributed by atoms with Crippen molar-refractivity contribution in [3.8, 4) is 5.75 Å². The molecule has 3 rings (SSSR count). The van der Waals surface area contributed by atoms with Gasteiger partial charge in [0.05, 0.1) is 37.9 Å². The Hall–Kier alpha value is -3.78. The number of hydrogen-bond donors (Lipinski definition) is 1. The Labute approximate surface area is 214 Å². The Morgan fingerprint density at radius 1 is 0.889 bits per heavy atom. The lowest BCUT2D eigenvalue weighted by Crippen LogP contribution is -2.32. The van der Waals surface area contributed by atoms with Gasteiger partial charge in [-0.2, -0.15) is 0 Å². The molecule has 190 valence electrons. The normalized spacial score (nSPS) is 15.2. The number of carbonyl (C=O) groups excluding carboxylic acids is 3. The summed E-state index contributed by atoms with van der Waals surface area (Å²) in [6, 6.07) is 14.1. The maximum Gasteiger partial charge on any atom is 0.343 e. The first kappa shape index (κ1) is 26.8. The summed E-state index contributed by atoms with van der Waals surface area (Å²) in [7, 11) is 2.59. The van der Waals surface area contributed by atoms with Gasteiger partial charge in [-0.25, -0.2) is 14.4 Å². The van der Waals surface area contributed by atoms with Crippen molar-refractivity contribution < 1.29 is 33.3 Å². The Morgan fingerprint density at radius 2 is 1.53 bits per heavy atom. The number of ether oxygens (including phenoxy) is 4. The highest BCUT2D eigenvalue weighted by Crippen LogP contribution is 2.41. The average molecular weight is 514 g/mol. The number of halogens is 1. The van der Waals surface area contributed by atoms with Crippen LogP contribution in [0, 0.1) is 0 Å². The van der Waals surface area contributed by atoms with E-state index in [1.165, 1.54) is 14.2 Å². The minimum absolute atomic E-state index is 0.115. The number of dihydropyridines is 1. The molecule has 0 radical (unpaired) electrons. The molecule has 0 bridgehead atoms. The van der Waals surface area contributed by atoms with Crippen LogP contribution in [0.25, 0.3) is 0 Å². The number of carbonyl (C=O) groups is 3. The number of nitrogens with one attached hydrogen (secondary N) is 1. The van der Waals surface area contributed by atoms with Crippen LogP contribution in [0.3, 0.4) is 0 Å². The standard InChI is InChI=1S/C27H28ClNO7/c1-16-23(26(31)34-4)25(20-7-5-6-8-21(20)28)24(17(2)29-16)27(32)35-14-13-18-9-11-19(12-10-18)36-15-22(30)33-3/h5-12,25,29H,13-15H2,1-4H3. The molecule has 1 heterocycles. The number of methoxy groups -OCH3 is 2. The van der Waals surface area contributed by atoms with Gasteiger partial charge in [0.25, 0.3) is 0 Å². The van der Waals surface area contributed by atoms with Gasteiger partial charge in [-0.05, 0) is 43.2 Å². The molecule has 0 aliphatic carbocycles. The quantitative estimate of drug-likeness (QED) is 0.395. The topological polar surface area (TPSA) is 100 Å². The predicted octanol–water partition coefficient (Wildman–Crippen LogP) is 4.09. The summed E-state index contributed by atoms with van der Waals surface area (Å²) in [6.45, 7) is 3.44. The van der Waals surface area contributed by atoms with E-state index in [4.69, 9.17) is 25.8 Å². The van der Waals surface area contributed by atoms with E-state index in [2.05, 4.69) is 10.1 Å². The molecule has 1 aliphatic heterocycles. The molecule has 1 aliphatic rings. The lowest BCUT2D eigenvalue weighted by molar-refractivity contribution is -0.143. The number of allylic oxidation sites excluding steroid dienone is 2. The smallest absolute Gasteiger partial charge is 0.343 e. The third-order valence-corrected chi connectivity index (χ3v) is 6.08. The van der Waals surface area contributed by atoms with Crippen LogP contribution < -0.4 is 10.1 Å². The predicted molar refractivity (Wildman–Crippen MR) is 133 cm³/mol. The van der Waals surface area contributed by atoms with Crippen molar-refractivity contribution in [1.82, 2.24) is 5.32 Å². The van der Waals surface area contributed by atoms with Crippen molar-refractivity contribution in [1.29, 1.82) is 0 Å². The third-order valence-electron chi connectivity index (χ3n) is 5.73. The van der Waals surface area contributed by atoms with Gasteiger partial charge in [0, 0.05) is 22.8 Å². The number of hydrogen-bond acceptors (Lipinski definition) is 8. The molecule has 8 nitrogen and oxygen atoms in total. The first-order chi connectivity index (χ1) is 17.3. The summed E-state index contributed by atoms with van der Waals surface area (Å²) in [5.74, 6) is -1.81. The Balaban J connectivity index is 1.75. The van der Waals surface area contributed by atoms with Crippen LogP contribution in [0.5, 0.6) is 5.75 Å². The van der Waals surface area contributed by atoms with Gasteiger partial charge in [0.2, 0.25) is 0 Å². The van der Waals surface area contributed by atoms with Crippen molar-refractivity contribution in [2.24, 2.45) is 0 Å². The summed E-state index contributed by atoms with van der Waals surface area (Å²) >= 11 is 6.48. The van der Waals surface area contributed by atoms with Crippen LogP contribution in [0.1, 0.15) is 30.9 Å². The highest BCUT2D eigenvalue weighted by atomic mass is 35.5. The van der Waals surface area contributed by atoms with E-state index in [-0.39, 0.29) is 13.2 Å². The maximum atomic E-state index is 13.3. The van der Waals surface area contributed by atoms with Gasteiger partial charge in [-0.15, -0.1) is 0 Å². The second-order valence-electron chi connectivity index (χ2n) is 8.04. The van der Waals surface area contributed by atoms with Gasteiger partial charge in [0.15, 0.2) is 6.61 Å². The molecule has 2 aromatic carbocycles. The van der Waals surface area contributed by atoms with Gasteiger partial charge < -0.3 is 24.3 Å². The Bertz CT molecular complexity index is 1200. The molecule has 1 atom stereocenters. The zero-order chi connectivity index (χ0) is 26.2. The van der Waals surface area contributed by atoms with Gasteiger partial charge in [-0.3, -0.25) is 0 Å². The zero-order valence-electron chi connectivity index (χ0n) is 20.6. The zero-order valence-corrected chi connectivity index (χ0v) is 21.3. The van der Waals surface area contributed by atoms with Crippen LogP contribution in [0.4, 0.5) is 0 Å². The van der Waals surface area contributed by atoms with Gasteiger partial charge >= 0.3 is 17.9 Å². The van der Waals surface area contributed by atoms with Crippen LogP contribution >= 0.6 is 11.6 Å². The summed E-state index contributed by atoms with van der Waals surface area (Å²) in [4.78, 5) is 37.2. The molecule has 9 heteroatoms. The molecule has 0 saturated heterocycles. The monoisotopic (exact) mass is 513 g/mol. The second kappa shape index (κ2) is 12.3. The van der Waals surface area contributed by atoms with E-state index in [9.17, 15) is 14.4 Å². The lowest BCUT2D eigenvalue weighted by Gasteiger charge is -2.30. The second-order valence-corrected chi connectivity index (χ2v) is 8.45. The van der Waals surface area contributed by atoms with E-state index in [0.29, 0.717) is 45.3 Å². The fraction of sp³-hybridized carbons (Fsp3) is 0.296. The Morgan fingerprint density at radius 3 is 2.14 bits per heavy atom. The van der Waals surface area contributed by atoms with Crippen LogP contribution in [0.15, 0.2) is 71.1 Å². The Kier molecular flexibility index (Phi) is 9.13. The molecular weight excluding hydrogens is 486 g/mol. The molecule has 0 aromatic heterocycles. The molecule has 0 fully saturated rings. The molecule has 0 saturated carbocycles. The fourth-order valence-corrected chi connectivity index (χ4v) is 4.20. The van der Waals surface area contributed by atoms with Crippen LogP contribution in [-0.4, -0.2) is 45.3 Å². The molecule has 0 spiro atoms. The van der Waals surface area contributed by atoms with E-state index >= 15 is 0 Å². The van der Waals surface area contributed by atoms with Crippen LogP contribution in [-0.2, 0) is 35.0 Å². The molecule has 0 amide bonds. The van der Waals surface area contributed by atoms with Gasteiger partial charge in [0.1, 0.15) is 5.75 Å². The van der Waals surface area contributed by atoms with Crippen molar-refractivity contribution in [3.63, 3.8) is 0 Å². The maximum absolute atomic E-state index is 13.3. The average Bonchev–Trinajstić information content (AvgIpc) is 2.87. The summed E-state index contributed by atoms with van der Waals surface area (Å²) in [5.41, 5.74) is 3.26. The number of benzene rings is 2.